The number of carboxylic acids is 1. The Hall–Kier alpha value is -4.33. The van der Waals surface area contributed by atoms with Crippen LogP contribution in [0.3, 0.4) is 0 Å². The van der Waals surface area contributed by atoms with E-state index in [1.807, 2.05) is 48.5 Å². The average Bonchev–Trinajstić information content (AvgIpc) is 3.16. The molecule has 8 nitrogen and oxygen atoms in total. The molecule has 0 heterocycles. The normalized spacial score (nSPS) is 12.7. The van der Waals surface area contributed by atoms with Crippen LogP contribution in [-0.2, 0) is 14.3 Å². The Bertz CT molecular complexity index is 1180. The number of nitrogens with one attached hydrogen (secondary N) is 2. The maximum absolute atomic E-state index is 12.7. The van der Waals surface area contributed by atoms with Gasteiger partial charge in [0.25, 0.3) is 0 Å². The van der Waals surface area contributed by atoms with E-state index in [0.717, 1.165) is 22.3 Å². The van der Waals surface area contributed by atoms with Gasteiger partial charge in [0.1, 0.15) is 18.4 Å². The van der Waals surface area contributed by atoms with Gasteiger partial charge in [0, 0.05) is 5.92 Å². The zero-order valence-electron chi connectivity index (χ0n) is 18.5. The minimum absolute atomic E-state index is 0.0494. The second-order valence-corrected chi connectivity index (χ2v) is 7.81. The minimum Gasteiger partial charge on any atom is -0.495 e. The quantitative estimate of drug-likeness (QED) is 0.468. The number of anilines is 1. The molecule has 3 aromatic carbocycles. The number of ether oxygens (including phenoxy) is 2. The van der Waals surface area contributed by atoms with Crippen LogP contribution in [0.4, 0.5) is 10.5 Å². The van der Waals surface area contributed by atoms with Gasteiger partial charge in [-0.3, -0.25) is 9.59 Å². The molecule has 1 unspecified atom stereocenters. The number of methoxy groups -OCH3 is 1. The fourth-order valence-corrected chi connectivity index (χ4v) is 4.13. The number of hydrogen-bond donors (Lipinski definition) is 3. The van der Waals surface area contributed by atoms with E-state index >= 15 is 0 Å². The summed E-state index contributed by atoms with van der Waals surface area (Å²) < 4.78 is 10.6. The smallest absolute Gasteiger partial charge is 0.407 e. The second kappa shape index (κ2) is 10.1. The Morgan fingerprint density at radius 1 is 0.912 bits per heavy atom. The van der Waals surface area contributed by atoms with Crippen molar-refractivity contribution in [3.63, 3.8) is 0 Å². The summed E-state index contributed by atoms with van der Waals surface area (Å²) in [6, 6.07) is 21.2. The lowest BCUT2D eigenvalue weighted by Crippen LogP contribution is -2.45. The molecule has 4 rings (SSSR count). The number of fused-ring (bicyclic) bond motifs is 3. The second-order valence-electron chi connectivity index (χ2n) is 7.81. The highest BCUT2D eigenvalue weighted by molar-refractivity contribution is 5.99. The summed E-state index contributed by atoms with van der Waals surface area (Å²) in [6.07, 6.45) is -1.48. The van der Waals surface area contributed by atoms with Gasteiger partial charge in [0.05, 0.1) is 19.2 Å². The van der Waals surface area contributed by atoms with Crippen molar-refractivity contribution in [2.24, 2.45) is 0 Å². The molecule has 1 aliphatic rings. The van der Waals surface area contributed by atoms with Crippen molar-refractivity contribution in [2.45, 2.75) is 18.4 Å². The van der Waals surface area contributed by atoms with E-state index in [2.05, 4.69) is 10.6 Å². The zero-order chi connectivity index (χ0) is 24.1. The van der Waals surface area contributed by atoms with Crippen LogP contribution in [0.15, 0.2) is 72.8 Å². The highest BCUT2D eigenvalue weighted by atomic mass is 16.5. The summed E-state index contributed by atoms with van der Waals surface area (Å²) in [5, 5.41) is 14.2. The molecule has 0 spiro atoms. The third-order valence-corrected chi connectivity index (χ3v) is 5.70. The maximum Gasteiger partial charge on any atom is 0.407 e. The van der Waals surface area contributed by atoms with Crippen molar-refractivity contribution in [1.29, 1.82) is 0 Å². The molecule has 0 bridgehead atoms. The predicted octanol–water partition coefficient (Wildman–Crippen LogP) is 4.02. The highest BCUT2D eigenvalue weighted by Gasteiger charge is 2.30. The van der Waals surface area contributed by atoms with Gasteiger partial charge < -0.3 is 25.2 Å². The third kappa shape index (κ3) is 4.85. The Labute approximate surface area is 196 Å². The Kier molecular flexibility index (Phi) is 6.77. The molecule has 174 valence electrons. The molecule has 3 aromatic rings. The summed E-state index contributed by atoms with van der Waals surface area (Å²) in [5.74, 6) is -1.68. The first-order valence-corrected chi connectivity index (χ1v) is 10.7. The van der Waals surface area contributed by atoms with E-state index in [-0.39, 0.29) is 12.5 Å². The van der Waals surface area contributed by atoms with E-state index in [0.29, 0.717) is 11.4 Å². The molecular weight excluding hydrogens is 436 g/mol. The van der Waals surface area contributed by atoms with Gasteiger partial charge in [-0.05, 0) is 34.4 Å². The Morgan fingerprint density at radius 2 is 1.50 bits per heavy atom. The lowest BCUT2D eigenvalue weighted by Gasteiger charge is -2.19. The van der Waals surface area contributed by atoms with Gasteiger partial charge in [-0.25, -0.2) is 4.79 Å². The van der Waals surface area contributed by atoms with E-state index in [1.165, 1.54) is 7.11 Å². The molecule has 0 radical (unpaired) electrons. The molecule has 0 fully saturated rings. The molecule has 2 amide bonds. The molecule has 8 heteroatoms. The largest absolute Gasteiger partial charge is 0.495 e. The number of carbonyl (C=O) groups excluding carboxylic acids is 2. The minimum atomic E-state index is -1.34. The van der Waals surface area contributed by atoms with Gasteiger partial charge in [-0.1, -0.05) is 60.7 Å². The molecule has 0 saturated heterocycles. The molecule has 0 aliphatic heterocycles. The van der Waals surface area contributed by atoms with Crippen LogP contribution in [0.25, 0.3) is 11.1 Å². The first kappa shape index (κ1) is 22.8. The molecular formula is C26H24N2O6. The fourth-order valence-electron chi connectivity index (χ4n) is 4.13. The molecule has 0 saturated carbocycles. The Balaban J connectivity index is 1.44. The van der Waals surface area contributed by atoms with Gasteiger partial charge >= 0.3 is 12.1 Å². The van der Waals surface area contributed by atoms with E-state index < -0.39 is 30.4 Å². The van der Waals surface area contributed by atoms with Crippen molar-refractivity contribution in [3.05, 3.63) is 83.9 Å². The van der Waals surface area contributed by atoms with Crippen LogP contribution in [0.5, 0.6) is 5.75 Å². The van der Waals surface area contributed by atoms with Gasteiger partial charge in [0.15, 0.2) is 0 Å². The summed E-state index contributed by atoms with van der Waals surface area (Å²) in [4.78, 5) is 36.6. The van der Waals surface area contributed by atoms with Gasteiger partial charge in [-0.2, -0.15) is 0 Å². The number of benzene rings is 3. The number of rotatable bonds is 8. The predicted molar refractivity (Wildman–Crippen MR) is 126 cm³/mol. The third-order valence-electron chi connectivity index (χ3n) is 5.70. The van der Waals surface area contributed by atoms with Crippen molar-refractivity contribution in [2.75, 3.05) is 19.0 Å². The monoisotopic (exact) mass is 460 g/mol. The summed E-state index contributed by atoms with van der Waals surface area (Å²) in [6.45, 7) is 0.0494. The van der Waals surface area contributed by atoms with Crippen LogP contribution < -0.4 is 15.4 Å². The number of hydrogen-bond acceptors (Lipinski definition) is 5. The standard InChI is InChI=1S/C26H24N2O6/c1-33-23-13-7-6-12-21(23)27-25(31)22(14-24(29)30)28-26(32)34-15-20-18-10-4-2-8-16(18)17-9-3-5-11-19(17)20/h2-13,20,22H,14-15H2,1H3,(H,27,31)(H,28,32)(H,29,30). The number of para-hydroxylation sites is 2. The van der Waals surface area contributed by atoms with Crippen molar-refractivity contribution < 1.29 is 29.0 Å². The molecule has 1 atom stereocenters. The van der Waals surface area contributed by atoms with Crippen LogP contribution in [0, 0.1) is 0 Å². The topological polar surface area (TPSA) is 114 Å². The average molecular weight is 460 g/mol. The van der Waals surface area contributed by atoms with Crippen molar-refractivity contribution in [1.82, 2.24) is 5.32 Å². The van der Waals surface area contributed by atoms with E-state index in [9.17, 15) is 19.5 Å². The Morgan fingerprint density at radius 3 is 2.12 bits per heavy atom. The molecule has 34 heavy (non-hydrogen) atoms. The molecule has 0 aromatic heterocycles. The number of carbonyl (C=O) groups is 3. The van der Waals surface area contributed by atoms with Crippen molar-refractivity contribution >= 4 is 23.7 Å². The summed E-state index contributed by atoms with van der Waals surface area (Å²) in [5.41, 5.74) is 4.64. The first-order chi connectivity index (χ1) is 16.5. The van der Waals surface area contributed by atoms with E-state index in [4.69, 9.17) is 9.47 Å². The van der Waals surface area contributed by atoms with Crippen LogP contribution in [0.1, 0.15) is 23.5 Å². The summed E-state index contributed by atoms with van der Waals surface area (Å²) >= 11 is 0. The number of alkyl carbamates (subject to hydrolysis) is 1. The lowest BCUT2D eigenvalue weighted by atomic mass is 9.98. The van der Waals surface area contributed by atoms with Crippen LogP contribution >= 0.6 is 0 Å². The first-order valence-electron chi connectivity index (χ1n) is 10.7. The summed E-state index contributed by atoms with van der Waals surface area (Å²) in [7, 11) is 1.45. The highest BCUT2D eigenvalue weighted by Crippen LogP contribution is 2.44. The van der Waals surface area contributed by atoms with E-state index in [1.54, 1.807) is 24.3 Å². The van der Waals surface area contributed by atoms with Crippen LogP contribution in [0.2, 0.25) is 0 Å². The molecule has 1 aliphatic carbocycles. The maximum atomic E-state index is 12.7. The SMILES string of the molecule is COc1ccccc1NC(=O)C(CC(=O)O)NC(=O)OCC1c2ccccc2-c2ccccc21. The zero-order valence-corrected chi connectivity index (χ0v) is 18.5. The van der Waals surface area contributed by atoms with Gasteiger partial charge in [-0.15, -0.1) is 0 Å². The van der Waals surface area contributed by atoms with Crippen LogP contribution in [-0.4, -0.2) is 42.8 Å². The number of aliphatic carboxylic acids is 1. The fraction of sp³-hybridized carbons (Fsp3) is 0.192. The number of carboxylic acid groups (broad SMARTS) is 1. The lowest BCUT2D eigenvalue weighted by molar-refractivity contribution is -0.139. The van der Waals surface area contributed by atoms with Gasteiger partial charge in [0.2, 0.25) is 5.91 Å². The van der Waals surface area contributed by atoms with Crippen molar-refractivity contribution in [3.8, 4) is 16.9 Å². The molecule has 3 N–H and O–H groups in total. The number of amides is 2.